The predicted molar refractivity (Wildman–Crippen MR) is 136 cm³/mol. The molecule has 1 aliphatic rings. The number of hydrogen-bond donors (Lipinski definition) is 1. The summed E-state index contributed by atoms with van der Waals surface area (Å²) in [6.07, 6.45) is 1.76. The van der Waals surface area contributed by atoms with E-state index in [9.17, 15) is 4.79 Å². The molecule has 0 aromatic heterocycles. The number of carbonyl (C=O) groups is 1. The van der Waals surface area contributed by atoms with E-state index in [1.807, 2.05) is 54.6 Å². The standard InChI is InChI=1S/C25H21BrN2O4S/c1-30-21-12-11-16(13-17(21)15-32-22-9-5-3-7-18(22)26)14-19-24(29)28(25(33)27-19)20-8-4-6-10-23(20)31-2/h3-14H,15H2,1-2H3,(H,27,33)/b19-14+. The zero-order valence-electron chi connectivity index (χ0n) is 18.0. The lowest BCUT2D eigenvalue weighted by atomic mass is 10.1. The molecule has 1 fully saturated rings. The number of thiocarbonyl (C=S) groups is 1. The molecule has 0 bridgehead atoms. The lowest BCUT2D eigenvalue weighted by Crippen LogP contribution is -2.30. The second-order valence-corrected chi connectivity index (χ2v) is 8.33. The average molecular weight is 525 g/mol. The van der Waals surface area contributed by atoms with Gasteiger partial charge < -0.3 is 19.5 Å². The van der Waals surface area contributed by atoms with Crippen LogP contribution in [-0.2, 0) is 11.4 Å². The fourth-order valence-electron chi connectivity index (χ4n) is 3.45. The van der Waals surface area contributed by atoms with Crippen molar-refractivity contribution in [3.8, 4) is 17.2 Å². The number of nitrogens with one attached hydrogen (secondary N) is 1. The Labute approximate surface area is 205 Å². The van der Waals surface area contributed by atoms with E-state index in [0.29, 0.717) is 34.6 Å². The number of rotatable bonds is 7. The summed E-state index contributed by atoms with van der Waals surface area (Å²) in [6.45, 7) is 0.302. The summed E-state index contributed by atoms with van der Waals surface area (Å²) in [5.74, 6) is 1.73. The van der Waals surface area contributed by atoms with Crippen molar-refractivity contribution in [2.24, 2.45) is 0 Å². The minimum Gasteiger partial charge on any atom is -0.496 e. The van der Waals surface area contributed by atoms with Crippen molar-refractivity contribution >= 4 is 50.9 Å². The number of para-hydroxylation sites is 3. The number of methoxy groups -OCH3 is 2. The Kier molecular flexibility index (Phi) is 6.96. The number of amides is 1. The largest absolute Gasteiger partial charge is 0.496 e. The highest BCUT2D eigenvalue weighted by molar-refractivity contribution is 9.10. The fourth-order valence-corrected chi connectivity index (χ4v) is 4.14. The van der Waals surface area contributed by atoms with Crippen LogP contribution in [0.5, 0.6) is 17.2 Å². The minimum atomic E-state index is -0.258. The molecule has 6 nitrogen and oxygen atoms in total. The maximum absolute atomic E-state index is 13.1. The van der Waals surface area contributed by atoms with Crippen molar-refractivity contribution in [1.29, 1.82) is 0 Å². The molecule has 33 heavy (non-hydrogen) atoms. The first-order chi connectivity index (χ1) is 16.0. The zero-order valence-corrected chi connectivity index (χ0v) is 20.4. The summed E-state index contributed by atoms with van der Waals surface area (Å²) in [6, 6.07) is 20.5. The topological polar surface area (TPSA) is 60.0 Å². The van der Waals surface area contributed by atoms with Crippen LogP contribution in [-0.4, -0.2) is 25.2 Å². The van der Waals surface area contributed by atoms with Crippen LogP contribution >= 0.6 is 28.1 Å². The number of halogens is 1. The van der Waals surface area contributed by atoms with Crippen molar-refractivity contribution in [2.45, 2.75) is 6.61 Å². The Bertz CT molecular complexity index is 1240. The Morgan fingerprint density at radius 2 is 1.67 bits per heavy atom. The smallest absolute Gasteiger partial charge is 0.281 e. The molecule has 1 N–H and O–H groups in total. The lowest BCUT2D eigenvalue weighted by molar-refractivity contribution is -0.113. The van der Waals surface area contributed by atoms with E-state index < -0.39 is 0 Å². The Morgan fingerprint density at radius 3 is 2.39 bits per heavy atom. The van der Waals surface area contributed by atoms with Gasteiger partial charge in [-0.15, -0.1) is 0 Å². The van der Waals surface area contributed by atoms with Crippen LogP contribution in [0, 0.1) is 0 Å². The van der Waals surface area contributed by atoms with Crippen LogP contribution < -0.4 is 24.4 Å². The van der Waals surface area contributed by atoms with Gasteiger partial charge in [0.05, 0.1) is 24.4 Å². The van der Waals surface area contributed by atoms with Crippen molar-refractivity contribution in [3.63, 3.8) is 0 Å². The molecule has 0 atom stereocenters. The number of anilines is 1. The average Bonchev–Trinajstić information content (AvgIpc) is 3.11. The van der Waals surface area contributed by atoms with E-state index in [1.54, 1.807) is 32.4 Å². The Morgan fingerprint density at radius 1 is 0.970 bits per heavy atom. The molecule has 4 rings (SSSR count). The van der Waals surface area contributed by atoms with Crippen LogP contribution in [0.25, 0.3) is 6.08 Å². The van der Waals surface area contributed by atoms with Crippen LogP contribution in [0.4, 0.5) is 5.69 Å². The van der Waals surface area contributed by atoms with E-state index in [0.717, 1.165) is 21.3 Å². The molecule has 0 spiro atoms. The SMILES string of the molecule is COc1ccc(/C=C2/NC(=S)N(c3ccccc3OC)C2=O)cc1COc1ccccc1Br. The van der Waals surface area contributed by atoms with Crippen molar-refractivity contribution in [1.82, 2.24) is 5.32 Å². The number of ether oxygens (including phenoxy) is 3. The first-order valence-electron chi connectivity index (χ1n) is 10.1. The Hall–Kier alpha value is -3.36. The first-order valence-corrected chi connectivity index (χ1v) is 11.3. The summed E-state index contributed by atoms with van der Waals surface area (Å²) < 4.78 is 17.7. The van der Waals surface area contributed by atoms with Gasteiger partial charge in [0.15, 0.2) is 5.11 Å². The molecule has 0 saturated carbocycles. The predicted octanol–water partition coefficient (Wildman–Crippen LogP) is 5.31. The zero-order chi connectivity index (χ0) is 23.4. The lowest BCUT2D eigenvalue weighted by Gasteiger charge is -2.17. The highest BCUT2D eigenvalue weighted by Crippen LogP contribution is 2.32. The van der Waals surface area contributed by atoms with Gasteiger partial charge in [-0.25, -0.2) is 4.90 Å². The quantitative estimate of drug-likeness (QED) is 0.334. The molecule has 0 radical (unpaired) electrons. The summed E-state index contributed by atoms with van der Waals surface area (Å²) in [7, 11) is 3.17. The van der Waals surface area contributed by atoms with Crippen molar-refractivity contribution in [3.05, 3.63) is 88.0 Å². The highest BCUT2D eigenvalue weighted by atomic mass is 79.9. The molecule has 0 unspecified atom stereocenters. The molecule has 1 heterocycles. The molecule has 3 aromatic carbocycles. The molecule has 8 heteroatoms. The van der Waals surface area contributed by atoms with Crippen molar-refractivity contribution in [2.75, 3.05) is 19.1 Å². The van der Waals surface area contributed by atoms with Gasteiger partial charge in [-0.05, 0) is 76.2 Å². The number of hydrogen-bond acceptors (Lipinski definition) is 5. The van der Waals surface area contributed by atoms with Gasteiger partial charge in [0.25, 0.3) is 5.91 Å². The highest BCUT2D eigenvalue weighted by Gasteiger charge is 2.33. The fraction of sp³-hybridized carbons (Fsp3) is 0.120. The van der Waals surface area contributed by atoms with Crippen LogP contribution in [0.1, 0.15) is 11.1 Å². The molecule has 3 aromatic rings. The summed E-state index contributed by atoms with van der Waals surface area (Å²) in [5, 5.41) is 3.30. The van der Waals surface area contributed by atoms with E-state index >= 15 is 0 Å². The molecule has 1 saturated heterocycles. The third-order valence-electron chi connectivity index (χ3n) is 5.04. The number of carbonyl (C=O) groups excluding carboxylic acids is 1. The maximum Gasteiger partial charge on any atom is 0.281 e. The second kappa shape index (κ2) is 10.1. The molecule has 0 aliphatic carbocycles. The molecule has 168 valence electrons. The Balaban J connectivity index is 1.60. The maximum atomic E-state index is 13.1. The third-order valence-corrected chi connectivity index (χ3v) is 5.98. The van der Waals surface area contributed by atoms with Gasteiger partial charge in [-0.1, -0.05) is 30.3 Å². The van der Waals surface area contributed by atoms with Gasteiger partial charge in [-0.3, -0.25) is 4.79 Å². The van der Waals surface area contributed by atoms with E-state index in [4.69, 9.17) is 26.4 Å². The molecule has 1 amide bonds. The van der Waals surface area contributed by atoms with Crippen molar-refractivity contribution < 1.29 is 19.0 Å². The minimum absolute atomic E-state index is 0.258. The summed E-state index contributed by atoms with van der Waals surface area (Å²) in [5.41, 5.74) is 2.61. The third kappa shape index (κ3) is 4.86. The van der Waals surface area contributed by atoms with Gasteiger partial charge in [-0.2, -0.15) is 0 Å². The van der Waals surface area contributed by atoms with Crippen LogP contribution in [0.2, 0.25) is 0 Å². The van der Waals surface area contributed by atoms with Gasteiger partial charge in [0.2, 0.25) is 0 Å². The normalized spacial score (nSPS) is 14.4. The van der Waals surface area contributed by atoms with Gasteiger partial charge in [0.1, 0.15) is 29.6 Å². The van der Waals surface area contributed by atoms with E-state index in [-0.39, 0.29) is 5.91 Å². The molecular formula is C25H21BrN2O4S. The molecule has 1 aliphatic heterocycles. The van der Waals surface area contributed by atoms with E-state index in [2.05, 4.69) is 21.2 Å². The summed E-state index contributed by atoms with van der Waals surface area (Å²) in [4.78, 5) is 14.6. The molecular weight excluding hydrogens is 504 g/mol. The van der Waals surface area contributed by atoms with Crippen LogP contribution in [0.15, 0.2) is 76.9 Å². The number of nitrogens with zero attached hydrogens (tertiary/aromatic N) is 1. The van der Waals surface area contributed by atoms with Crippen LogP contribution in [0.3, 0.4) is 0 Å². The van der Waals surface area contributed by atoms with Gasteiger partial charge in [0, 0.05) is 5.56 Å². The van der Waals surface area contributed by atoms with E-state index in [1.165, 1.54) is 4.90 Å². The second-order valence-electron chi connectivity index (χ2n) is 7.09. The monoisotopic (exact) mass is 524 g/mol. The first kappa shape index (κ1) is 22.8. The van der Waals surface area contributed by atoms with Gasteiger partial charge >= 0.3 is 0 Å². The summed E-state index contributed by atoms with van der Waals surface area (Å²) >= 11 is 8.92. The number of benzene rings is 3.